The molecule has 3 aromatic rings. The molecular weight excluding hydrogens is 458 g/mol. The van der Waals surface area contributed by atoms with E-state index in [1.54, 1.807) is 23.9 Å². The van der Waals surface area contributed by atoms with Gasteiger partial charge < -0.3 is 22.1 Å². The maximum atomic E-state index is 13.2. The number of nitrogens with two attached hydrogens (primary N) is 3. The van der Waals surface area contributed by atoms with Crippen molar-refractivity contribution in [2.75, 3.05) is 29.5 Å². The fourth-order valence-corrected chi connectivity index (χ4v) is 6.20. The number of piperidine rings is 1. The molecule has 8 nitrogen and oxygen atoms in total. The van der Waals surface area contributed by atoms with Crippen molar-refractivity contribution in [1.82, 2.24) is 14.5 Å². The van der Waals surface area contributed by atoms with Crippen molar-refractivity contribution in [3.8, 4) is 0 Å². The van der Waals surface area contributed by atoms with Crippen LogP contribution in [-0.4, -0.2) is 27.6 Å². The number of aromatic nitrogens is 3. The van der Waals surface area contributed by atoms with Crippen LogP contribution in [0.5, 0.6) is 0 Å². The summed E-state index contributed by atoms with van der Waals surface area (Å²) >= 11 is 7.40. The number of halogens is 1. The highest BCUT2D eigenvalue weighted by molar-refractivity contribution is 7.99. The number of fused-ring (bicyclic) bond motifs is 1. The van der Waals surface area contributed by atoms with Gasteiger partial charge in [0.1, 0.15) is 16.5 Å². The molecule has 33 heavy (non-hydrogen) atoms. The van der Waals surface area contributed by atoms with Gasteiger partial charge in [-0.1, -0.05) is 47.6 Å². The number of rotatable bonds is 3. The van der Waals surface area contributed by atoms with Crippen LogP contribution in [-0.2, 0) is 13.5 Å². The predicted molar refractivity (Wildman–Crippen MR) is 133 cm³/mol. The summed E-state index contributed by atoms with van der Waals surface area (Å²) in [6.45, 7) is 1.53. The van der Waals surface area contributed by atoms with Crippen LogP contribution in [0, 0.1) is 5.41 Å². The average molecular weight is 484 g/mol. The third kappa shape index (κ3) is 3.64. The lowest BCUT2D eigenvalue weighted by molar-refractivity contribution is 0.186. The molecule has 0 unspecified atom stereocenters. The maximum absolute atomic E-state index is 13.2. The molecule has 5 rings (SSSR count). The number of benzene rings is 1. The van der Waals surface area contributed by atoms with E-state index >= 15 is 0 Å². The van der Waals surface area contributed by atoms with Gasteiger partial charge in [-0.05, 0) is 41.9 Å². The van der Waals surface area contributed by atoms with Crippen molar-refractivity contribution in [3.05, 3.63) is 63.0 Å². The fourth-order valence-electron chi connectivity index (χ4n) is 5.05. The van der Waals surface area contributed by atoms with Crippen LogP contribution in [0.3, 0.4) is 0 Å². The topological polar surface area (TPSA) is 129 Å². The van der Waals surface area contributed by atoms with E-state index in [4.69, 9.17) is 28.8 Å². The second-order valence-corrected chi connectivity index (χ2v) is 10.2. The van der Waals surface area contributed by atoms with Crippen molar-refractivity contribution in [2.45, 2.75) is 35.1 Å². The summed E-state index contributed by atoms with van der Waals surface area (Å²) in [4.78, 5) is 24.8. The number of hydrogen-bond donors (Lipinski definition) is 3. The lowest BCUT2D eigenvalue weighted by Gasteiger charge is -2.42. The fraction of sp³-hybridized carbons (Fsp3) is 0.348. The first-order chi connectivity index (χ1) is 15.8. The molecule has 1 fully saturated rings. The van der Waals surface area contributed by atoms with E-state index in [0.29, 0.717) is 20.8 Å². The Hall–Kier alpha value is -2.75. The lowest BCUT2D eigenvalue weighted by Crippen LogP contribution is -2.46. The van der Waals surface area contributed by atoms with Crippen molar-refractivity contribution >= 4 is 40.9 Å². The average Bonchev–Trinajstić information content (AvgIpc) is 3.08. The van der Waals surface area contributed by atoms with E-state index in [0.717, 1.165) is 44.1 Å². The van der Waals surface area contributed by atoms with Crippen molar-refractivity contribution < 1.29 is 0 Å². The molecule has 1 aromatic carbocycles. The smallest absolute Gasteiger partial charge is 0.270 e. The summed E-state index contributed by atoms with van der Waals surface area (Å²) in [6, 6.07) is 10.2. The second-order valence-electron chi connectivity index (χ2n) is 8.80. The minimum absolute atomic E-state index is 0.0361. The summed E-state index contributed by atoms with van der Waals surface area (Å²) < 4.78 is 1.55. The summed E-state index contributed by atoms with van der Waals surface area (Å²) in [6.07, 6.45) is 4.40. The van der Waals surface area contributed by atoms with Crippen LogP contribution in [0.1, 0.15) is 30.0 Å². The maximum Gasteiger partial charge on any atom is 0.270 e. The summed E-state index contributed by atoms with van der Waals surface area (Å²) in [7, 11) is 1.72. The van der Waals surface area contributed by atoms with Gasteiger partial charge >= 0.3 is 0 Å². The molecule has 0 radical (unpaired) electrons. The largest absolute Gasteiger partial charge is 0.382 e. The van der Waals surface area contributed by atoms with E-state index in [2.05, 4.69) is 39.1 Å². The molecule has 6 N–H and O–H groups in total. The van der Waals surface area contributed by atoms with Crippen molar-refractivity contribution in [3.63, 3.8) is 0 Å². The monoisotopic (exact) mass is 483 g/mol. The molecule has 0 bridgehead atoms. The van der Waals surface area contributed by atoms with E-state index < -0.39 is 0 Å². The normalized spacial score (nSPS) is 19.1. The molecule has 172 valence electrons. The minimum atomic E-state index is -0.223. The third-order valence-electron chi connectivity index (χ3n) is 6.98. The van der Waals surface area contributed by atoms with Crippen LogP contribution in [0.2, 0.25) is 5.02 Å². The van der Waals surface area contributed by atoms with Crippen LogP contribution < -0.4 is 27.7 Å². The Labute approximate surface area is 201 Å². The number of pyridine rings is 1. The van der Waals surface area contributed by atoms with Crippen LogP contribution in [0.25, 0.3) is 0 Å². The van der Waals surface area contributed by atoms with Crippen LogP contribution in [0.4, 0.5) is 17.6 Å². The molecule has 1 aliphatic heterocycles. The molecule has 3 heterocycles. The van der Waals surface area contributed by atoms with Gasteiger partial charge in [-0.25, -0.2) is 4.98 Å². The van der Waals surface area contributed by atoms with Gasteiger partial charge in [0.15, 0.2) is 0 Å². The van der Waals surface area contributed by atoms with Crippen LogP contribution in [0.15, 0.2) is 51.1 Å². The Kier molecular flexibility index (Phi) is 5.50. The third-order valence-corrected chi connectivity index (χ3v) is 8.64. The Morgan fingerprint density at radius 1 is 1.15 bits per heavy atom. The predicted octanol–water partition coefficient (Wildman–Crippen LogP) is 2.99. The molecule has 1 atom stereocenters. The van der Waals surface area contributed by atoms with Crippen molar-refractivity contribution in [2.24, 2.45) is 18.2 Å². The van der Waals surface area contributed by atoms with E-state index in [9.17, 15) is 4.79 Å². The Morgan fingerprint density at radius 2 is 1.88 bits per heavy atom. The molecule has 10 heteroatoms. The Balaban J connectivity index is 1.38. The number of anilines is 3. The van der Waals surface area contributed by atoms with Crippen molar-refractivity contribution in [1.29, 1.82) is 0 Å². The molecule has 0 saturated carbocycles. The highest BCUT2D eigenvalue weighted by Crippen LogP contribution is 2.51. The van der Waals surface area contributed by atoms with Gasteiger partial charge in [0.2, 0.25) is 5.95 Å². The summed E-state index contributed by atoms with van der Waals surface area (Å²) in [5.41, 5.74) is 21.2. The first-order valence-corrected chi connectivity index (χ1v) is 12.0. The van der Waals surface area contributed by atoms with Gasteiger partial charge in [0, 0.05) is 37.3 Å². The summed E-state index contributed by atoms with van der Waals surface area (Å²) in [5.74, 6) is 0.951. The van der Waals surface area contributed by atoms with Gasteiger partial charge in [0.25, 0.3) is 5.56 Å². The van der Waals surface area contributed by atoms with E-state index in [1.165, 1.54) is 11.1 Å². The lowest BCUT2D eigenvalue weighted by atomic mass is 9.73. The molecule has 1 aliphatic carbocycles. The molecule has 1 spiro atoms. The van der Waals surface area contributed by atoms with E-state index in [-0.39, 0.29) is 28.7 Å². The highest BCUT2D eigenvalue weighted by atomic mass is 35.5. The highest BCUT2D eigenvalue weighted by Gasteiger charge is 2.46. The molecule has 2 aliphatic rings. The SMILES string of the molecule is Cn1c(N2CCC3(CC2)Cc2ccccc2[C@H]3N)nc(N)c(Sc2ccnc(N)c2Cl)c1=O. The van der Waals surface area contributed by atoms with Gasteiger partial charge in [-0.15, -0.1) is 0 Å². The van der Waals surface area contributed by atoms with Gasteiger partial charge in [-0.3, -0.25) is 9.36 Å². The molecular formula is C23H26ClN7OS. The van der Waals surface area contributed by atoms with Crippen LogP contribution >= 0.6 is 23.4 Å². The quantitative estimate of drug-likeness (QED) is 0.518. The van der Waals surface area contributed by atoms with E-state index in [1.807, 2.05) is 0 Å². The number of nitrogen functional groups attached to an aromatic ring is 2. The first kappa shape index (κ1) is 22.1. The number of hydrogen-bond acceptors (Lipinski definition) is 8. The molecule has 1 saturated heterocycles. The standard InChI is InChI=1S/C23H26ClN7OS/c1-30-21(32)17(33-15-6-9-28-19(26)16(15)24)20(27)29-22(30)31-10-7-23(8-11-31)12-13-4-2-3-5-14(13)18(23)25/h2-6,9,18H,7-8,10-12,25,27H2,1H3,(H2,26,28)/t18-/m1/s1. The van der Waals surface area contributed by atoms with Gasteiger partial charge in [-0.2, -0.15) is 4.98 Å². The zero-order valence-corrected chi connectivity index (χ0v) is 19.9. The minimum Gasteiger partial charge on any atom is -0.382 e. The number of nitrogens with zero attached hydrogens (tertiary/aromatic N) is 4. The zero-order chi connectivity index (χ0) is 23.3. The Morgan fingerprint density at radius 3 is 2.61 bits per heavy atom. The molecule has 0 amide bonds. The Bertz CT molecular complexity index is 1290. The summed E-state index contributed by atoms with van der Waals surface area (Å²) in [5, 5.41) is 0.295. The second kappa shape index (κ2) is 8.23. The zero-order valence-electron chi connectivity index (χ0n) is 18.3. The van der Waals surface area contributed by atoms with Gasteiger partial charge in [0.05, 0.1) is 5.02 Å². The first-order valence-electron chi connectivity index (χ1n) is 10.8. The molecule has 2 aromatic heterocycles.